The summed E-state index contributed by atoms with van der Waals surface area (Å²) in [6.07, 6.45) is 7.91. The summed E-state index contributed by atoms with van der Waals surface area (Å²) in [5.74, 6) is 0.101. The molecule has 2 saturated heterocycles. The molecule has 3 fully saturated rings. The molecule has 1 aromatic carbocycles. The number of anilines is 1. The summed E-state index contributed by atoms with van der Waals surface area (Å²) in [4.78, 5) is 28.7. The molecule has 1 spiro atoms. The van der Waals surface area contributed by atoms with E-state index in [9.17, 15) is 9.59 Å². The molecule has 31 heavy (non-hydrogen) atoms. The van der Waals surface area contributed by atoms with Crippen LogP contribution in [-0.4, -0.2) is 62.3 Å². The number of methoxy groups -OCH3 is 3. The van der Waals surface area contributed by atoms with Crippen molar-refractivity contribution in [1.29, 1.82) is 0 Å². The van der Waals surface area contributed by atoms with Crippen LogP contribution in [0.4, 0.5) is 5.69 Å². The van der Waals surface area contributed by atoms with Gasteiger partial charge in [0, 0.05) is 23.9 Å². The number of amides is 2. The van der Waals surface area contributed by atoms with Crippen LogP contribution in [0.3, 0.4) is 0 Å². The van der Waals surface area contributed by atoms with Gasteiger partial charge in [-0.2, -0.15) is 0 Å². The monoisotopic (exact) mass is 428 g/mol. The summed E-state index contributed by atoms with van der Waals surface area (Å²) in [6.45, 7) is 0.544. The van der Waals surface area contributed by atoms with E-state index in [1.54, 1.807) is 12.1 Å². The van der Waals surface area contributed by atoms with Crippen molar-refractivity contribution >= 4 is 17.5 Å². The lowest BCUT2D eigenvalue weighted by Crippen LogP contribution is -2.42. The number of benzene rings is 1. The second kappa shape index (κ2) is 7.44. The Balaban J connectivity index is 1.40. The summed E-state index contributed by atoms with van der Waals surface area (Å²) in [6, 6.07) is 3.63. The van der Waals surface area contributed by atoms with E-state index in [0.29, 0.717) is 29.5 Å². The van der Waals surface area contributed by atoms with Gasteiger partial charge in [-0.25, -0.2) is 0 Å². The van der Waals surface area contributed by atoms with Gasteiger partial charge in [-0.1, -0.05) is 25.0 Å². The van der Waals surface area contributed by atoms with E-state index in [4.69, 9.17) is 18.9 Å². The van der Waals surface area contributed by atoms with Crippen molar-refractivity contribution in [3.8, 4) is 17.2 Å². The zero-order valence-corrected chi connectivity index (χ0v) is 18.1. The number of carbonyl (C=O) groups is 2. The highest BCUT2D eigenvalue weighted by Gasteiger charge is 2.67. The van der Waals surface area contributed by atoms with Crippen LogP contribution in [0.25, 0.3) is 0 Å². The Bertz CT molecular complexity index is 915. The summed E-state index contributed by atoms with van der Waals surface area (Å²) in [5.41, 5.74) is -0.167. The molecule has 3 heterocycles. The van der Waals surface area contributed by atoms with E-state index in [1.165, 1.54) is 21.3 Å². The summed E-state index contributed by atoms with van der Waals surface area (Å²) in [5, 5.41) is 2.94. The van der Waals surface area contributed by atoms with Gasteiger partial charge in [-0.05, 0) is 12.8 Å². The van der Waals surface area contributed by atoms with Gasteiger partial charge in [-0.15, -0.1) is 0 Å². The fourth-order valence-electron chi connectivity index (χ4n) is 5.73. The van der Waals surface area contributed by atoms with Gasteiger partial charge in [0.1, 0.15) is 5.60 Å². The topological polar surface area (TPSA) is 86.3 Å². The molecule has 1 aromatic rings. The van der Waals surface area contributed by atoms with E-state index in [-0.39, 0.29) is 24.0 Å². The molecule has 8 nitrogen and oxygen atoms in total. The van der Waals surface area contributed by atoms with Crippen molar-refractivity contribution in [1.82, 2.24) is 4.90 Å². The number of hydrogen-bond donors (Lipinski definition) is 1. The molecule has 3 unspecified atom stereocenters. The second-order valence-electron chi connectivity index (χ2n) is 8.71. The maximum Gasteiger partial charge on any atom is 0.231 e. The quantitative estimate of drug-likeness (QED) is 0.700. The molecule has 0 aromatic heterocycles. The van der Waals surface area contributed by atoms with E-state index >= 15 is 0 Å². The fraction of sp³-hybridized carbons (Fsp3) is 0.565. The minimum atomic E-state index is -0.679. The number of nitrogens with zero attached hydrogens (tertiary/aromatic N) is 1. The first-order chi connectivity index (χ1) is 15.0. The fourth-order valence-corrected chi connectivity index (χ4v) is 5.73. The summed E-state index contributed by atoms with van der Waals surface area (Å²) < 4.78 is 22.3. The van der Waals surface area contributed by atoms with Crippen LogP contribution < -0.4 is 19.5 Å². The molecule has 2 bridgehead atoms. The SMILES string of the molecule is COc1cc(NC(=O)C2C3C=C[C@]4(CN(C5CCCC5)C(=O)C24)O3)cc(OC)c1OC. The highest BCUT2D eigenvalue weighted by molar-refractivity contribution is 5.99. The molecule has 4 atom stereocenters. The molecule has 1 N–H and O–H groups in total. The highest BCUT2D eigenvalue weighted by atomic mass is 16.5. The third-order valence-corrected chi connectivity index (χ3v) is 7.13. The predicted molar refractivity (Wildman–Crippen MR) is 112 cm³/mol. The molecule has 1 saturated carbocycles. The Morgan fingerprint density at radius 1 is 1.13 bits per heavy atom. The largest absolute Gasteiger partial charge is 0.493 e. The van der Waals surface area contributed by atoms with Crippen LogP contribution in [0.1, 0.15) is 25.7 Å². The van der Waals surface area contributed by atoms with E-state index in [2.05, 4.69) is 5.32 Å². The number of hydrogen-bond acceptors (Lipinski definition) is 6. The molecule has 1 aliphatic carbocycles. The van der Waals surface area contributed by atoms with Gasteiger partial charge >= 0.3 is 0 Å². The van der Waals surface area contributed by atoms with Crippen LogP contribution in [0, 0.1) is 11.8 Å². The average molecular weight is 428 g/mol. The zero-order valence-electron chi connectivity index (χ0n) is 18.1. The van der Waals surface area contributed by atoms with Crippen molar-refractivity contribution in [2.24, 2.45) is 11.8 Å². The number of rotatable bonds is 6. The second-order valence-corrected chi connectivity index (χ2v) is 8.71. The van der Waals surface area contributed by atoms with E-state index in [0.717, 1.165) is 25.7 Å². The van der Waals surface area contributed by atoms with Crippen LogP contribution in [0.15, 0.2) is 24.3 Å². The Kier molecular flexibility index (Phi) is 4.84. The lowest BCUT2D eigenvalue weighted by atomic mass is 9.76. The first-order valence-electron chi connectivity index (χ1n) is 10.8. The Hall–Kier alpha value is -2.74. The zero-order chi connectivity index (χ0) is 21.8. The number of nitrogens with one attached hydrogen (secondary N) is 1. The minimum absolute atomic E-state index is 0.0452. The van der Waals surface area contributed by atoms with Gasteiger partial charge in [0.15, 0.2) is 11.5 Å². The maximum atomic E-state index is 13.4. The Labute approximate surface area is 181 Å². The number of ether oxygens (including phenoxy) is 4. The Morgan fingerprint density at radius 2 is 1.81 bits per heavy atom. The van der Waals surface area contributed by atoms with Crippen LogP contribution in [-0.2, 0) is 14.3 Å². The van der Waals surface area contributed by atoms with Crippen LogP contribution >= 0.6 is 0 Å². The molecule has 2 amide bonds. The van der Waals surface area contributed by atoms with Gasteiger partial charge in [-0.3, -0.25) is 9.59 Å². The van der Waals surface area contributed by atoms with Gasteiger partial charge in [0.2, 0.25) is 17.6 Å². The number of likely N-dealkylation sites (tertiary alicyclic amines) is 1. The molecular weight excluding hydrogens is 400 g/mol. The van der Waals surface area contributed by atoms with Crippen molar-refractivity contribution in [3.05, 3.63) is 24.3 Å². The molecular formula is C23H28N2O6. The lowest BCUT2D eigenvalue weighted by Gasteiger charge is -2.27. The van der Waals surface area contributed by atoms with Gasteiger partial charge in [0.25, 0.3) is 0 Å². The standard InChI is InChI=1S/C23H28N2O6/c1-28-16-10-13(11-17(29-2)20(16)30-3)24-21(26)18-15-8-9-23(31-15)12-25(22(27)19(18)23)14-6-4-5-7-14/h8-11,14-15,18-19H,4-7,12H2,1-3H3,(H,24,26)/t15?,18?,19?,23-/m1/s1. The number of fused-ring (bicyclic) bond motifs is 1. The van der Waals surface area contributed by atoms with Crippen molar-refractivity contribution in [3.63, 3.8) is 0 Å². The van der Waals surface area contributed by atoms with Gasteiger partial charge in [0.05, 0.1) is 45.8 Å². The average Bonchev–Trinajstić information content (AvgIpc) is 3.54. The van der Waals surface area contributed by atoms with Crippen LogP contribution in [0.2, 0.25) is 0 Å². The summed E-state index contributed by atoms with van der Waals surface area (Å²) in [7, 11) is 4.57. The normalized spacial score (nSPS) is 31.3. The first kappa shape index (κ1) is 20.2. The van der Waals surface area contributed by atoms with Crippen molar-refractivity contribution < 1.29 is 28.5 Å². The van der Waals surface area contributed by atoms with Gasteiger partial charge < -0.3 is 29.2 Å². The predicted octanol–water partition coefficient (Wildman–Crippen LogP) is 2.38. The maximum absolute atomic E-state index is 13.4. The smallest absolute Gasteiger partial charge is 0.231 e. The third kappa shape index (κ3) is 2.99. The first-order valence-corrected chi connectivity index (χ1v) is 10.8. The third-order valence-electron chi connectivity index (χ3n) is 7.13. The van der Waals surface area contributed by atoms with E-state index < -0.39 is 17.4 Å². The van der Waals surface area contributed by atoms with Crippen molar-refractivity contribution in [2.45, 2.75) is 43.4 Å². The molecule has 4 aliphatic rings. The molecule has 3 aliphatic heterocycles. The molecule has 0 radical (unpaired) electrons. The lowest BCUT2D eigenvalue weighted by molar-refractivity contribution is -0.137. The molecule has 5 rings (SSSR count). The molecule has 166 valence electrons. The number of carbonyl (C=O) groups excluding carboxylic acids is 2. The van der Waals surface area contributed by atoms with Crippen LogP contribution in [0.5, 0.6) is 17.2 Å². The van der Waals surface area contributed by atoms with E-state index in [1.807, 2.05) is 17.1 Å². The highest BCUT2D eigenvalue weighted by Crippen LogP contribution is 2.53. The minimum Gasteiger partial charge on any atom is -0.493 e. The molecule has 8 heteroatoms. The summed E-state index contributed by atoms with van der Waals surface area (Å²) >= 11 is 0. The van der Waals surface area contributed by atoms with Crippen molar-refractivity contribution in [2.75, 3.05) is 33.2 Å². The Morgan fingerprint density at radius 3 is 2.42 bits per heavy atom.